The van der Waals surface area contributed by atoms with Crippen LogP contribution in [0.4, 0.5) is 0 Å². The van der Waals surface area contributed by atoms with Crippen molar-refractivity contribution < 1.29 is 13.2 Å². The Bertz CT molecular complexity index is 439. The lowest BCUT2D eigenvalue weighted by molar-refractivity contribution is 0.0973. The molecule has 1 fully saturated rings. The Morgan fingerprint density at radius 3 is 2.82 bits per heavy atom. The van der Waals surface area contributed by atoms with Crippen LogP contribution in [0.3, 0.4) is 0 Å². The molecule has 0 aliphatic carbocycles. The zero-order valence-electron chi connectivity index (χ0n) is 9.66. The molecule has 1 N–H and O–H groups in total. The van der Waals surface area contributed by atoms with Crippen LogP contribution in [0.5, 0.6) is 0 Å². The Morgan fingerprint density at radius 2 is 2.24 bits per heavy atom. The number of H-pyrrole nitrogens is 1. The molecule has 1 aliphatic heterocycles. The number of nitrogens with zero attached hydrogens (tertiary/aromatic N) is 3. The van der Waals surface area contributed by atoms with Gasteiger partial charge in [0.25, 0.3) is 0 Å². The van der Waals surface area contributed by atoms with Gasteiger partial charge >= 0.3 is 0 Å². The van der Waals surface area contributed by atoms with Crippen molar-refractivity contribution in [2.45, 2.75) is 24.6 Å². The predicted octanol–water partition coefficient (Wildman–Crippen LogP) is -0.255. The SMILES string of the molecule is CN(Cc1ncn[nH]1)S(=O)(=O)C1CCOCC1. The number of aromatic amines is 1. The first-order valence-corrected chi connectivity index (χ1v) is 6.98. The van der Waals surface area contributed by atoms with E-state index in [1.54, 1.807) is 7.05 Å². The minimum absolute atomic E-state index is 0.222. The third kappa shape index (κ3) is 2.82. The van der Waals surface area contributed by atoms with Crippen molar-refractivity contribution in [2.24, 2.45) is 0 Å². The molecule has 8 heteroatoms. The van der Waals surface area contributed by atoms with Gasteiger partial charge in [0.1, 0.15) is 12.2 Å². The fourth-order valence-electron chi connectivity index (χ4n) is 1.84. The third-order valence-electron chi connectivity index (χ3n) is 2.86. The van der Waals surface area contributed by atoms with E-state index in [9.17, 15) is 8.42 Å². The number of ether oxygens (including phenoxy) is 1. The van der Waals surface area contributed by atoms with Gasteiger partial charge in [-0.3, -0.25) is 5.10 Å². The highest BCUT2D eigenvalue weighted by molar-refractivity contribution is 7.89. The van der Waals surface area contributed by atoms with E-state index >= 15 is 0 Å². The molecule has 1 aromatic rings. The Morgan fingerprint density at radius 1 is 1.53 bits per heavy atom. The van der Waals surface area contributed by atoms with E-state index in [1.165, 1.54) is 10.6 Å². The van der Waals surface area contributed by atoms with Gasteiger partial charge < -0.3 is 4.74 Å². The number of aromatic nitrogens is 3. The molecule has 0 radical (unpaired) electrons. The Kier molecular flexibility index (Phi) is 3.75. The van der Waals surface area contributed by atoms with E-state index in [0.29, 0.717) is 31.9 Å². The van der Waals surface area contributed by atoms with E-state index < -0.39 is 10.0 Å². The molecule has 96 valence electrons. The molecule has 2 rings (SSSR count). The van der Waals surface area contributed by atoms with Crippen LogP contribution >= 0.6 is 0 Å². The van der Waals surface area contributed by atoms with Crippen LogP contribution in [0.2, 0.25) is 0 Å². The summed E-state index contributed by atoms with van der Waals surface area (Å²) in [6, 6.07) is 0. The number of sulfonamides is 1. The van der Waals surface area contributed by atoms with E-state index in [4.69, 9.17) is 4.74 Å². The van der Waals surface area contributed by atoms with Gasteiger partial charge in [0.2, 0.25) is 10.0 Å². The monoisotopic (exact) mass is 260 g/mol. The highest BCUT2D eigenvalue weighted by Crippen LogP contribution is 2.19. The first-order chi connectivity index (χ1) is 8.10. The maximum Gasteiger partial charge on any atom is 0.217 e. The standard InChI is InChI=1S/C9H16N4O3S/c1-13(6-9-10-7-11-12-9)17(14,15)8-2-4-16-5-3-8/h7-8H,2-6H2,1H3,(H,10,11,12). The van der Waals surface area contributed by atoms with E-state index in [1.807, 2.05) is 0 Å². The molecule has 0 unspecified atom stereocenters. The summed E-state index contributed by atoms with van der Waals surface area (Å²) in [5.41, 5.74) is 0. The van der Waals surface area contributed by atoms with Crippen LogP contribution in [0.1, 0.15) is 18.7 Å². The quantitative estimate of drug-likeness (QED) is 0.806. The van der Waals surface area contributed by atoms with Crippen molar-refractivity contribution in [1.29, 1.82) is 0 Å². The lowest BCUT2D eigenvalue weighted by atomic mass is 10.2. The molecule has 0 aromatic carbocycles. The van der Waals surface area contributed by atoms with Gasteiger partial charge in [-0.2, -0.15) is 9.40 Å². The molecular weight excluding hydrogens is 244 g/mol. The summed E-state index contributed by atoms with van der Waals surface area (Å²) in [4.78, 5) is 3.92. The summed E-state index contributed by atoms with van der Waals surface area (Å²) in [5.74, 6) is 0.545. The molecule has 1 aliphatic rings. The molecule has 1 aromatic heterocycles. The van der Waals surface area contributed by atoms with Crippen molar-refractivity contribution >= 4 is 10.0 Å². The van der Waals surface area contributed by atoms with Crippen molar-refractivity contribution in [3.05, 3.63) is 12.2 Å². The fraction of sp³-hybridized carbons (Fsp3) is 0.778. The second-order valence-electron chi connectivity index (χ2n) is 4.04. The van der Waals surface area contributed by atoms with Gasteiger partial charge in [-0.05, 0) is 12.8 Å². The lowest BCUT2D eigenvalue weighted by Gasteiger charge is -2.26. The molecule has 2 heterocycles. The van der Waals surface area contributed by atoms with Crippen LogP contribution in [-0.2, 0) is 21.3 Å². The Hall–Kier alpha value is -0.990. The zero-order valence-corrected chi connectivity index (χ0v) is 10.5. The van der Waals surface area contributed by atoms with E-state index in [2.05, 4.69) is 15.2 Å². The van der Waals surface area contributed by atoms with Crippen LogP contribution in [0, 0.1) is 0 Å². The number of hydrogen-bond donors (Lipinski definition) is 1. The van der Waals surface area contributed by atoms with Crippen LogP contribution in [0.25, 0.3) is 0 Å². The van der Waals surface area contributed by atoms with Crippen molar-refractivity contribution in [3.63, 3.8) is 0 Å². The molecular formula is C9H16N4O3S. The van der Waals surface area contributed by atoms with Gasteiger partial charge in [0.15, 0.2) is 0 Å². The molecule has 0 bridgehead atoms. The summed E-state index contributed by atoms with van der Waals surface area (Å²) in [6.45, 7) is 1.25. The first kappa shape index (κ1) is 12.5. The number of nitrogens with one attached hydrogen (secondary N) is 1. The van der Waals surface area contributed by atoms with E-state index in [0.717, 1.165) is 0 Å². The zero-order chi connectivity index (χ0) is 12.3. The average Bonchev–Trinajstić information content (AvgIpc) is 2.83. The normalized spacial score (nSPS) is 18.7. The number of hydrogen-bond acceptors (Lipinski definition) is 5. The second kappa shape index (κ2) is 5.11. The van der Waals surface area contributed by atoms with Gasteiger partial charge in [0, 0.05) is 20.3 Å². The predicted molar refractivity (Wildman–Crippen MR) is 60.6 cm³/mol. The van der Waals surface area contributed by atoms with Crippen molar-refractivity contribution in [2.75, 3.05) is 20.3 Å². The molecule has 0 atom stereocenters. The first-order valence-electron chi connectivity index (χ1n) is 5.48. The third-order valence-corrected chi connectivity index (χ3v) is 5.17. The molecule has 0 amide bonds. The van der Waals surface area contributed by atoms with Crippen molar-refractivity contribution in [3.8, 4) is 0 Å². The van der Waals surface area contributed by atoms with Gasteiger partial charge in [-0.1, -0.05) is 0 Å². The fourth-order valence-corrected chi connectivity index (χ4v) is 3.44. The Labute approximate surface area is 100 Å². The van der Waals surface area contributed by atoms with Gasteiger partial charge in [0.05, 0.1) is 11.8 Å². The smallest absolute Gasteiger partial charge is 0.217 e. The maximum atomic E-state index is 12.2. The summed E-state index contributed by atoms with van der Waals surface area (Å²) < 4.78 is 30.9. The van der Waals surface area contributed by atoms with Crippen LogP contribution in [-0.4, -0.2) is 53.4 Å². The molecule has 17 heavy (non-hydrogen) atoms. The molecule has 1 saturated heterocycles. The lowest BCUT2D eigenvalue weighted by Crippen LogP contribution is -2.39. The Balaban J connectivity index is 2.03. The highest BCUT2D eigenvalue weighted by Gasteiger charge is 2.31. The molecule has 0 spiro atoms. The van der Waals surface area contributed by atoms with Gasteiger partial charge in [-0.25, -0.2) is 13.4 Å². The summed E-state index contributed by atoms with van der Waals surface area (Å²) in [6.07, 6.45) is 2.48. The minimum Gasteiger partial charge on any atom is -0.381 e. The molecule has 7 nitrogen and oxygen atoms in total. The largest absolute Gasteiger partial charge is 0.381 e. The average molecular weight is 260 g/mol. The van der Waals surface area contributed by atoms with Gasteiger partial charge in [-0.15, -0.1) is 0 Å². The second-order valence-corrected chi connectivity index (χ2v) is 6.36. The maximum absolute atomic E-state index is 12.2. The summed E-state index contributed by atoms with van der Waals surface area (Å²) in [5, 5.41) is 6.00. The van der Waals surface area contributed by atoms with Crippen LogP contribution in [0.15, 0.2) is 6.33 Å². The minimum atomic E-state index is -3.27. The molecule has 0 saturated carbocycles. The summed E-state index contributed by atoms with van der Waals surface area (Å²) >= 11 is 0. The highest BCUT2D eigenvalue weighted by atomic mass is 32.2. The number of rotatable bonds is 4. The van der Waals surface area contributed by atoms with E-state index in [-0.39, 0.29) is 11.8 Å². The van der Waals surface area contributed by atoms with Crippen molar-refractivity contribution in [1.82, 2.24) is 19.5 Å². The topological polar surface area (TPSA) is 88.2 Å². The van der Waals surface area contributed by atoms with Crippen LogP contribution < -0.4 is 0 Å². The summed E-state index contributed by atoms with van der Waals surface area (Å²) in [7, 11) is -1.71.